The first-order valence-corrected chi connectivity index (χ1v) is 11.4. The number of β-lactam (4-membered cyclic amide) rings is 1. The Bertz CT molecular complexity index is 949. The first kappa shape index (κ1) is 23.9. The number of nitrogens with zero attached hydrogens (tertiary/aromatic N) is 2. The maximum absolute atomic E-state index is 12.6. The minimum absolute atomic E-state index is 0.0337. The summed E-state index contributed by atoms with van der Waals surface area (Å²) >= 11 is 18.9. The number of hydrogen-bond donors (Lipinski definition) is 2. The molecule has 1 fully saturated rings. The van der Waals surface area contributed by atoms with Gasteiger partial charge in [0, 0.05) is 17.9 Å². The number of aliphatic carboxylic acids is 1. The molecule has 31 heavy (non-hydrogen) atoms. The number of fused-ring (bicyclic) bond motifs is 1. The van der Waals surface area contributed by atoms with E-state index in [1.54, 1.807) is 5.41 Å². The van der Waals surface area contributed by atoms with Crippen molar-refractivity contribution in [2.75, 3.05) is 18.5 Å². The summed E-state index contributed by atoms with van der Waals surface area (Å²) in [5.41, 5.74) is 0.262. The van der Waals surface area contributed by atoms with Crippen molar-refractivity contribution in [1.82, 2.24) is 9.88 Å². The fraction of sp³-hybridized carbons (Fsp3) is 0.438. The van der Waals surface area contributed by atoms with Crippen molar-refractivity contribution in [2.24, 2.45) is 0 Å². The monoisotopic (exact) mass is 529 g/mol. The Labute approximate surface area is 198 Å². The predicted molar refractivity (Wildman–Crippen MR) is 114 cm³/mol. The molecule has 0 bridgehead atoms. The van der Waals surface area contributed by atoms with Crippen LogP contribution in [0.1, 0.15) is 17.4 Å². The Hall–Kier alpha value is -1.73. The number of esters is 2. The van der Waals surface area contributed by atoms with E-state index in [9.17, 15) is 24.3 Å². The van der Waals surface area contributed by atoms with Gasteiger partial charge in [-0.3, -0.25) is 9.59 Å². The van der Waals surface area contributed by atoms with Gasteiger partial charge in [-0.2, -0.15) is 0 Å². The number of anilines is 1. The van der Waals surface area contributed by atoms with E-state index >= 15 is 0 Å². The van der Waals surface area contributed by atoms with E-state index in [-0.39, 0.29) is 17.4 Å². The van der Waals surface area contributed by atoms with Crippen LogP contribution >= 0.6 is 57.9 Å². The van der Waals surface area contributed by atoms with E-state index in [0.29, 0.717) is 5.57 Å². The number of halogens is 3. The number of amides is 1. The Morgan fingerprint density at radius 3 is 2.65 bits per heavy atom. The number of carbonyl (C=O) groups excluding carboxylic acids is 3. The number of carboxylic acid groups (broad SMARTS) is 1. The van der Waals surface area contributed by atoms with Crippen LogP contribution < -0.4 is 5.32 Å². The molecule has 2 aliphatic rings. The van der Waals surface area contributed by atoms with Gasteiger partial charge in [-0.1, -0.05) is 34.8 Å². The second kappa shape index (κ2) is 9.41. The molecule has 2 unspecified atom stereocenters. The average molecular weight is 531 g/mol. The summed E-state index contributed by atoms with van der Waals surface area (Å²) in [6.07, 6.45) is 0. The molecule has 0 aliphatic carbocycles. The molecule has 1 saturated heterocycles. The van der Waals surface area contributed by atoms with Crippen LogP contribution in [0.3, 0.4) is 0 Å². The van der Waals surface area contributed by atoms with Crippen molar-refractivity contribution in [1.29, 1.82) is 0 Å². The highest BCUT2D eigenvalue weighted by Crippen LogP contribution is 2.41. The number of rotatable bonds is 7. The van der Waals surface area contributed by atoms with Gasteiger partial charge in [-0.25, -0.2) is 14.6 Å². The number of thiazole rings is 1. The fourth-order valence-corrected chi connectivity index (χ4v) is 4.89. The van der Waals surface area contributed by atoms with Gasteiger partial charge in [0.1, 0.15) is 24.6 Å². The summed E-state index contributed by atoms with van der Waals surface area (Å²) in [7, 11) is 0. The summed E-state index contributed by atoms with van der Waals surface area (Å²) in [5, 5.41) is 15.2. The maximum Gasteiger partial charge on any atom is 0.358 e. The number of nitrogens with one attached hydrogen (secondary N) is 1. The Morgan fingerprint density at radius 1 is 1.32 bits per heavy atom. The third-order valence-electron chi connectivity index (χ3n) is 4.10. The third kappa shape index (κ3) is 5.55. The van der Waals surface area contributed by atoms with Crippen molar-refractivity contribution in [3.63, 3.8) is 0 Å². The van der Waals surface area contributed by atoms with Crippen molar-refractivity contribution in [2.45, 2.75) is 28.2 Å². The zero-order valence-corrected chi connectivity index (χ0v) is 19.4. The van der Waals surface area contributed by atoms with E-state index < -0.39 is 51.7 Å². The van der Waals surface area contributed by atoms with E-state index in [1.165, 1.54) is 29.0 Å². The molecule has 3 atom stereocenters. The molecule has 168 valence electrons. The van der Waals surface area contributed by atoms with Crippen molar-refractivity contribution < 1.29 is 33.8 Å². The Balaban J connectivity index is 1.66. The first-order valence-electron chi connectivity index (χ1n) is 8.46. The molecular weight excluding hydrogens is 517 g/mol. The fourth-order valence-electron chi connectivity index (χ4n) is 2.80. The van der Waals surface area contributed by atoms with Crippen LogP contribution in [0, 0.1) is 0 Å². The molecule has 10 nitrogen and oxygen atoms in total. The van der Waals surface area contributed by atoms with Crippen LogP contribution in [-0.2, 0) is 23.9 Å². The van der Waals surface area contributed by atoms with Gasteiger partial charge in [-0.05, 0) is 5.41 Å². The minimum atomic E-state index is -1.75. The Morgan fingerprint density at radius 2 is 2.03 bits per heavy atom. The number of thioether (sulfide) groups is 1. The zero-order valence-electron chi connectivity index (χ0n) is 15.5. The molecule has 0 saturated carbocycles. The lowest BCUT2D eigenvalue weighted by atomic mass is 9.98. The smallest absolute Gasteiger partial charge is 0.358 e. The van der Waals surface area contributed by atoms with Gasteiger partial charge >= 0.3 is 17.9 Å². The summed E-state index contributed by atoms with van der Waals surface area (Å²) in [6, 6.07) is -1.99. The maximum atomic E-state index is 12.6. The number of carboxylic acids is 1. The van der Waals surface area contributed by atoms with Gasteiger partial charge < -0.3 is 24.8 Å². The number of carbonyl (C=O) groups is 4. The summed E-state index contributed by atoms with van der Waals surface area (Å²) in [5.74, 6) is -3.05. The number of aromatic nitrogens is 1. The lowest BCUT2D eigenvalue weighted by molar-refractivity contribution is -0.157. The Kier molecular flexibility index (Phi) is 7.26. The van der Waals surface area contributed by atoms with Gasteiger partial charge in [0.25, 0.3) is 0 Å². The van der Waals surface area contributed by atoms with E-state index in [4.69, 9.17) is 44.3 Å². The highest BCUT2D eigenvalue weighted by atomic mass is 35.6. The molecule has 2 N–H and O–H groups in total. The zero-order chi connectivity index (χ0) is 22.9. The molecule has 0 radical (unpaired) electrons. The molecule has 0 spiro atoms. The van der Waals surface area contributed by atoms with Crippen LogP contribution in [0.25, 0.3) is 0 Å². The van der Waals surface area contributed by atoms with Crippen molar-refractivity contribution >= 4 is 86.8 Å². The predicted octanol–water partition coefficient (Wildman–Crippen LogP) is 2.27. The van der Waals surface area contributed by atoms with E-state index in [1.807, 2.05) is 0 Å². The number of alkyl halides is 3. The van der Waals surface area contributed by atoms with Crippen LogP contribution in [0.4, 0.5) is 5.13 Å². The topological polar surface area (TPSA) is 135 Å². The van der Waals surface area contributed by atoms with E-state index in [0.717, 1.165) is 11.3 Å². The third-order valence-corrected chi connectivity index (χ3v) is 6.42. The van der Waals surface area contributed by atoms with Gasteiger partial charge in [-0.15, -0.1) is 23.1 Å². The molecule has 2 aliphatic heterocycles. The van der Waals surface area contributed by atoms with Crippen LogP contribution in [0.5, 0.6) is 0 Å². The van der Waals surface area contributed by atoms with E-state index in [2.05, 4.69) is 10.3 Å². The van der Waals surface area contributed by atoms with Gasteiger partial charge in [0.15, 0.2) is 16.9 Å². The molecule has 1 aromatic heterocycles. The highest BCUT2D eigenvalue weighted by Gasteiger charge is 2.55. The minimum Gasteiger partial charge on any atom is -0.479 e. The molecular formula is C16H14Cl3N3O7S2. The summed E-state index contributed by atoms with van der Waals surface area (Å²) in [6.45, 7) is 0.531. The first-order chi connectivity index (χ1) is 14.5. The normalized spacial score (nSPS) is 22.7. The SMILES string of the molecule is CC(=O)OCC1=CSC2C(Nc3nc(C(=O)OCC(Cl)(Cl)Cl)cs3)C(=O)N2[C@H]1C(=O)O. The molecule has 0 aromatic carbocycles. The van der Waals surface area contributed by atoms with Gasteiger partial charge in [0.2, 0.25) is 9.70 Å². The van der Waals surface area contributed by atoms with Crippen LogP contribution in [-0.4, -0.2) is 73.3 Å². The summed E-state index contributed by atoms with van der Waals surface area (Å²) < 4.78 is 7.97. The standard InChI is InChI=1S/C16H14Cl3N3O7S2/c1-6(23)28-2-7-3-30-12-9(11(24)22(12)10(7)13(25)26)21-15-20-8(4-31-15)14(27)29-5-16(17,18)19/h3-4,9-10,12H,2,5H2,1H3,(H,20,21)(H,25,26)/t9?,10-,12?/m1/s1. The number of hydrogen-bond acceptors (Lipinski definition) is 10. The lowest BCUT2D eigenvalue weighted by Gasteiger charge is -2.51. The van der Waals surface area contributed by atoms with Crippen molar-refractivity contribution in [3.05, 3.63) is 22.1 Å². The lowest BCUT2D eigenvalue weighted by Crippen LogP contribution is -2.71. The van der Waals surface area contributed by atoms with Crippen molar-refractivity contribution in [3.8, 4) is 0 Å². The van der Waals surface area contributed by atoms with Gasteiger partial charge in [0.05, 0.1) is 0 Å². The molecule has 15 heteroatoms. The second-order valence-electron chi connectivity index (χ2n) is 6.34. The molecule has 1 aromatic rings. The molecule has 1 amide bonds. The largest absolute Gasteiger partial charge is 0.479 e. The molecule has 3 rings (SSSR count). The highest BCUT2D eigenvalue weighted by molar-refractivity contribution is 8.03. The average Bonchev–Trinajstić information content (AvgIpc) is 3.16. The molecule has 3 heterocycles. The quantitative estimate of drug-likeness (QED) is 0.307. The van der Waals surface area contributed by atoms with Crippen LogP contribution in [0.15, 0.2) is 16.4 Å². The van der Waals surface area contributed by atoms with Crippen LogP contribution in [0.2, 0.25) is 0 Å². The second-order valence-corrected chi connectivity index (χ2v) is 10.7. The summed E-state index contributed by atoms with van der Waals surface area (Å²) in [4.78, 5) is 52.6. The number of ether oxygens (including phenoxy) is 2.